The number of anilines is 2. The van der Waals surface area contributed by atoms with Crippen LogP contribution in [0.3, 0.4) is 0 Å². The van der Waals surface area contributed by atoms with Gasteiger partial charge in [0.25, 0.3) is 0 Å². The lowest BCUT2D eigenvalue weighted by Crippen LogP contribution is -2.25. The molecule has 1 atom stereocenters. The first kappa shape index (κ1) is 27.5. The average Bonchev–Trinajstić information content (AvgIpc) is 3.35. The molecule has 2 aromatic heterocycles. The molecule has 0 fully saturated rings. The Hall–Kier alpha value is -3.62. The van der Waals surface area contributed by atoms with Gasteiger partial charge in [0.05, 0.1) is 16.3 Å². The highest BCUT2D eigenvalue weighted by atomic mass is 32.2. The molecule has 1 aliphatic heterocycles. The van der Waals surface area contributed by atoms with Gasteiger partial charge in [-0.1, -0.05) is 61.2 Å². The number of rotatable bonds is 10. The lowest BCUT2D eigenvalue weighted by atomic mass is 10.0. The Balaban J connectivity index is 1.10. The number of thiazole rings is 1. The summed E-state index contributed by atoms with van der Waals surface area (Å²) >= 11 is 3.54. The van der Waals surface area contributed by atoms with Crippen molar-refractivity contribution in [1.29, 1.82) is 0 Å². The molecule has 0 bridgehead atoms. The van der Waals surface area contributed by atoms with Crippen molar-refractivity contribution in [2.75, 3.05) is 23.3 Å². The second-order valence-electron chi connectivity index (χ2n) is 10.2. The minimum absolute atomic E-state index is 0.186. The molecular weight excluding hydrogens is 547 g/mol. The molecule has 0 amide bonds. The van der Waals surface area contributed by atoms with Crippen molar-refractivity contribution in [3.05, 3.63) is 102 Å². The smallest absolute Gasteiger partial charge is 0.151 e. The lowest BCUT2D eigenvalue weighted by Gasteiger charge is -2.24. The summed E-state index contributed by atoms with van der Waals surface area (Å²) < 4.78 is 8.21. The maximum absolute atomic E-state index is 5.93. The number of aryl methyl sites for hydroxylation is 1. The predicted octanol–water partition coefficient (Wildman–Crippen LogP) is 8.29. The lowest BCUT2D eigenvalue weighted by molar-refractivity contribution is 0.306. The molecule has 1 unspecified atom stereocenters. The van der Waals surface area contributed by atoms with Crippen LogP contribution in [-0.4, -0.2) is 28.0 Å². The predicted molar refractivity (Wildman–Crippen MR) is 171 cm³/mol. The molecular formula is C33H35N5OS2. The first-order valence-electron chi connectivity index (χ1n) is 14.3. The number of hydrogen-bond acceptors (Lipinski definition) is 8. The summed E-state index contributed by atoms with van der Waals surface area (Å²) in [6, 6.07) is 25.3. The summed E-state index contributed by atoms with van der Waals surface area (Å²) in [5.41, 5.74) is 5.78. The molecule has 0 aliphatic carbocycles. The quantitative estimate of drug-likeness (QED) is 0.166. The Morgan fingerprint density at radius 3 is 2.66 bits per heavy atom. The van der Waals surface area contributed by atoms with Crippen LogP contribution in [0, 0.1) is 0 Å². The number of aromatic nitrogens is 3. The van der Waals surface area contributed by atoms with E-state index in [1.54, 1.807) is 23.1 Å². The van der Waals surface area contributed by atoms with Crippen LogP contribution in [-0.2, 0) is 18.8 Å². The molecule has 0 radical (unpaired) electrons. The van der Waals surface area contributed by atoms with Crippen molar-refractivity contribution in [2.45, 2.75) is 55.9 Å². The Morgan fingerprint density at radius 2 is 1.85 bits per heavy atom. The summed E-state index contributed by atoms with van der Waals surface area (Å²) in [5.74, 6) is 3.75. The highest BCUT2D eigenvalue weighted by molar-refractivity contribution is 8.00. The number of fused-ring (bicyclic) bond motifs is 2. The third kappa shape index (κ3) is 6.66. The summed E-state index contributed by atoms with van der Waals surface area (Å²) in [4.78, 5) is 16.8. The van der Waals surface area contributed by atoms with Gasteiger partial charge in [-0.15, -0.1) is 11.3 Å². The third-order valence-electron chi connectivity index (χ3n) is 7.38. The van der Waals surface area contributed by atoms with E-state index in [-0.39, 0.29) is 6.04 Å². The van der Waals surface area contributed by atoms with Crippen molar-refractivity contribution in [3.8, 4) is 5.75 Å². The third-order valence-corrected chi connectivity index (χ3v) is 9.62. The molecule has 8 heteroatoms. The largest absolute Gasteiger partial charge is 0.489 e. The highest BCUT2D eigenvalue weighted by Gasteiger charge is 2.24. The van der Waals surface area contributed by atoms with E-state index in [9.17, 15) is 0 Å². The fraction of sp³-hybridized carbons (Fsp3) is 0.303. The van der Waals surface area contributed by atoms with Crippen molar-refractivity contribution in [2.24, 2.45) is 0 Å². The number of hydrogen-bond donors (Lipinski definition) is 1. The fourth-order valence-corrected chi connectivity index (χ4v) is 7.18. The van der Waals surface area contributed by atoms with E-state index in [0.29, 0.717) is 6.61 Å². The zero-order valence-electron chi connectivity index (χ0n) is 23.5. The van der Waals surface area contributed by atoms with E-state index in [4.69, 9.17) is 14.7 Å². The van der Waals surface area contributed by atoms with Crippen LogP contribution in [0.2, 0.25) is 0 Å². The SMILES string of the molecule is CCc1ncc2c(n1)N(CC)CCCC2Nc1ccc2nc(SCc3ccc(OCc4ccccc4)cc3)sc2c1. The molecule has 210 valence electrons. The standard InChI is InChI=1S/C33H35N5OS2/c1-3-31-34-20-27-28(11-8-18-38(4-2)32(27)37-31)35-25-14-17-29-30(19-25)41-33(36-29)40-22-24-12-15-26(16-13-24)39-21-23-9-6-5-7-10-23/h5-7,9-10,12-17,19-20,28,35H,3-4,8,11,18,21-22H2,1-2H3. The Labute approximate surface area is 250 Å². The van der Waals surface area contributed by atoms with Crippen LogP contribution in [0.5, 0.6) is 5.75 Å². The van der Waals surface area contributed by atoms with Crippen LogP contribution in [0.25, 0.3) is 10.2 Å². The van der Waals surface area contributed by atoms with Crippen LogP contribution >= 0.6 is 23.1 Å². The number of thioether (sulfide) groups is 1. The van der Waals surface area contributed by atoms with Gasteiger partial charge in [0.2, 0.25) is 0 Å². The molecule has 41 heavy (non-hydrogen) atoms. The monoisotopic (exact) mass is 581 g/mol. The second-order valence-corrected chi connectivity index (χ2v) is 12.5. The van der Waals surface area contributed by atoms with Gasteiger partial charge >= 0.3 is 0 Å². The van der Waals surface area contributed by atoms with Gasteiger partial charge in [0.15, 0.2) is 4.34 Å². The number of benzene rings is 3. The van der Waals surface area contributed by atoms with E-state index >= 15 is 0 Å². The first-order valence-corrected chi connectivity index (χ1v) is 16.1. The van der Waals surface area contributed by atoms with Crippen LogP contribution in [0.4, 0.5) is 11.5 Å². The first-order chi connectivity index (χ1) is 20.2. The van der Waals surface area contributed by atoms with E-state index in [0.717, 1.165) is 71.0 Å². The molecule has 1 N–H and O–H groups in total. The summed E-state index contributed by atoms with van der Waals surface area (Å²) in [7, 11) is 0. The molecule has 6 rings (SSSR count). The van der Waals surface area contributed by atoms with Gasteiger partial charge in [0.1, 0.15) is 24.0 Å². The van der Waals surface area contributed by atoms with E-state index in [1.807, 2.05) is 24.4 Å². The van der Waals surface area contributed by atoms with Crippen molar-refractivity contribution in [3.63, 3.8) is 0 Å². The van der Waals surface area contributed by atoms with Gasteiger partial charge in [-0.3, -0.25) is 0 Å². The van der Waals surface area contributed by atoms with E-state index < -0.39 is 0 Å². The van der Waals surface area contributed by atoms with Crippen molar-refractivity contribution < 1.29 is 4.74 Å². The van der Waals surface area contributed by atoms with Crippen molar-refractivity contribution in [1.82, 2.24) is 15.0 Å². The summed E-state index contributed by atoms with van der Waals surface area (Å²) in [6.45, 7) is 6.88. The molecule has 5 aromatic rings. The maximum Gasteiger partial charge on any atom is 0.151 e. The Kier molecular flexibility index (Phi) is 8.68. The molecule has 0 saturated heterocycles. The zero-order chi connectivity index (χ0) is 28.0. The van der Waals surface area contributed by atoms with E-state index in [2.05, 4.69) is 83.6 Å². The zero-order valence-corrected chi connectivity index (χ0v) is 25.2. The van der Waals surface area contributed by atoms with Crippen LogP contribution in [0.15, 0.2) is 83.3 Å². The van der Waals surface area contributed by atoms with Crippen LogP contribution < -0.4 is 15.0 Å². The van der Waals surface area contributed by atoms with Crippen LogP contribution in [0.1, 0.15) is 55.2 Å². The molecule has 0 spiro atoms. The fourth-order valence-electron chi connectivity index (χ4n) is 5.12. The van der Waals surface area contributed by atoms with Gasteiger partial charge in [-0.25, -0.2) is 15.0 Å². The normalized spacial score (nSPS) is 15.0. The summed E-state index contributed by atoms with van der Waals surface area (Å²) in [5, 5.41) is 3.80. The second kappa shape index (κ2) is 12.9. The molecule has 3 aromatic carbocycles. The molecule has 0 saturated carbocycles. The molecule has 1 aliphatic rings. The number of nitrogens with one attached hydrogen (secondary N) is 1. The molecule has 6 nitrogen and oxygen atoms in total. The van der Waals surface area contributed by atoms with E-state index in [1.165, 1.54) is 21.4 Å². The Morgan fingerprint density at radius 1 is 1.00 bits per heavy atom. The minimum atomic E-state index is 0.186. The van der Waals surface area contributed by atoms with Gasteiger partial charge < -0.3 is 15.0 Å². The van der Waals surface area contributed by atoms with Gasteiger partial charge in [-0.2, -0.15) is 0 Å². The average molecular weight is 582 g/mol. The van der Waals surface area contributed by atoms with Crippen molar-refractivity contribution >= 4 is 44.8 Å². The topological polar surface area (TPSA) is 63.2 Å². The maximum atomic E-state index is 5.93. The summed E-state index contributed by atoms with van der Waals surface area (Å²) in [6.07, 6.45) is 5.05. The van der Waals surface area contributed by atoms with Gasteiger partial charge in [0, 0.05) is 42.7 Å². The number of ether oxygens (including phenoxy) is 1. The minimum Gasteiger partial charge on any atom is -0.489 e. The van der Waals surface area contributed by atoms with Gasteiger partial charge in [-0.05, 0) is 61.2 Å². The Bertz CT molecular complexity index is 1590. The highest BCUT2D eigenvalue weighted by Crippen LogP contribution is 2.36. The molecule has 3 heterocycles. The number of nitrogens with zero attached hydrogens (tertiary/aromatic N) is 4.